The van der Waals surface area contributed by atoms with Crippen molar-refractivity contribution in [2.45, 2.75) is 44.9 Å². The number of aryl methyl sites for hydroxylation is 2. The van der Waals surface area contributed by atoms with E-state index < -0.39 is 33.1 Å². The van der Waals surface area contributed by atoms with Crippen LogP contribution in [-0.4, -0.2) is 48.4 Å². The molecule has 0 fully saturated rings. The molecule has 2 N–H and O–H groups in total. The third-order valence-electron chi connectivity index (χ3n) is 6.71. The minimum Gasteiger partial charge on any atom is -0.494 e. The smallest absolute Gasteiger partial charge is 0.405 e. The van der Waals surface area contributed by atoms with E-state index in [2.05, 4.69) is 5.32 Å². The molecule has 0 saturated heterocycles. The number of benzene rings is 2. The largest absolute Gasteiger partial charge is 0.494 e. The van der Waals surface area contributed by atoms with E-state index in [0.29, 0.717) is 28.7 Å². The highest BCUT2D eigenvalue weighted by Gasteiger charge is 2.25. The molecule has 0 spiro atoms. The predicted molar refractivity (Wildman–Crippen MR) is 155 cm³/mol. The van der Waals surface area contributed by atoms with Gasteiger partial charge >= 0.3 is 6.09 Å². The molecule has 0 aliphatic rings. The van der Waals surface area contributed by atoms with Gasteiger partial charge in [-0.25, -0.2) is 17.6 Å². The minimum absolute atomic E-state index is 0.0294. The molecule has 0 aliphatic heterocycles. The van der Waals surface area contributed by atoms with E-state index in [9.17, 15) is 32.3 Å². The predicted octanol–water partition coefficient (Wildman–Crippen LogP) is 5.00. The van der Waals surface area contributed by atoms with E-state index in [0.717, 1.165) is 6.07 Å². The topological polar surface area (TPSA) is 132 Å². The van der Waals surface area contributed by atoms with Gasteiger partial charge in [0.2, 0.25) is 0 Å². The van der Waals surface area contributed by atoms with Crippen molar-refractivity contribution in [2.75, 3.05) is 12.9 Å². The van der Waals surface area contributed by atoms with Crippen LogP contribution >= 0.6 is 11.6 Å². The number of aromatic nitrogens is 1. The summed E-state index contributed by atoms with van der Waals surface area (Å²) in [6.45, 7) is 4.95. The van der Waals surface area contributed by atoms with Crippen molar-refractivity contribution in [3.63, 3.8) is 0 Å². The number of hydrogen-bond donors (Lipinski definition) is 2. The van der Waals surface area contributed by atoms with Gasteiger partial charge in [-0.1, -0.05) is 30.7 Å². The van der Waals surface area contributed by atoms with Crippen molar-refractivity contribution in [2.24, 2.45) is 7.05 Å². The minimum atomic E-state index is -3.43. The zero-order valence-corrected chi connectivity index (χ0v) is 25.0. The summed E-state index contributed by atoms with van der Waals surface area (Å²) in [5, 5.41) is 11.5. The second-order valence-electron chi connectivity index (χ2n) is 10.3. The highest BCUT2D eigenvalue weighted by molar-refractivity contribution is 7.90. The number of ketones is 1. The standard InChI is InChI=1S/C29H32ClFN2O7S/c1-6-41(38,39)16-17-7-8-19(27(35)21-13-25(40-5)24(31)14-23(21)30)20(11-17)22-15-33(4)26(34)12-18(22)9-10-29(2,3)32-28(36)37/h7-8,11-15,32H,6,9-10,16H2,1-5H3,(H,36,37). The van der Waals surface area contributed by atoms with E-state index >= 15 is 0 Å². The van der Waals surface area contributed by atoms with Gasteiger partial charge in [0.05, 0.1) is 17.9 Å². The zero-order valence-electron chi connectivity index (χ0n) is 23.4. The second kappa shape index (κ2) is 12.4. The highest BCUT2D eigenvalue weighted by Crippen LogP contribution is 2.34. The fraction of sp³-hybridized carbons (Fsp3) is 0.345. The lowest BCUT2D eigenvalue weighted by molar-refractivity contribution is 0.103. The fourth-order valence-electron chi connectivity index (χ4n) is 4.38. The number of carbonyl (C=O) groups is 2. The average Bonchev–Trinajstić information content (AvgIpc) is 2.88. The van der Waals surface area contributed by atoms with Crippen LogP contribution in [0.25, 0.3) is 11.1 Å². The lowest BCUT2D eigenvalue weighted by Gasteiger charge is -2.25. The van der Waals surface area contributed by atoms with Crippen LogP contribution in [0.4, 0.5) is 9.18 Å². The van der Waals surface area contributed by atoms with E-state index in [1.807, 2.05) is 0 Å². The molecule has 2 aromatic carbocycles. The van der Waals surface area contributed by atoms with Crippen molar-refractivity contribution in [3.05, 3.63) is 86.0 Å². The summed E-state index contributed by atoms with van der Waals surface area (Å²) >= 11 is 6.26. The Morgan fingerprint density at radius 1 is 1.12 bits per heavy atom. The summed E-state index contributed by atoms with van der Waals surface area (Å²) < 4.78 is 45.5. The number of ether oxygens (including phenoxy) is 1. The molecule has 12 heteroatoms. The van der Waals surface area contributed by atoms with Gasteiger partial charge in [-0.2, -0.15) is 0 Å². The van der Waals surface area contributed by atoms with Crippen LogP contribution in [0.3, 0.4) is 0 Å². The third-order valence-corrected chi connectivity index (χ3v) is 8.68. The quantitative estimate of drug-likeness (QED) is 0.294. The van der Waals surface area contributed by atoms with Crippen LogP contribution in [-0.2, 0) is 29.1 Å². The Morgan fingerprint density at radius 3 is 2.41 bits per heavy atom. The number of rotatable bonds is 11. The SMILES string of the molecule is CCS(=O)(=O)Cc1ccc(C(=O)c2cc(OC)c(F)cc2Cl)c(-c2cn(C)c(=O)cc2CCC(C)(C)NC(=O)O)c1. The third kappa shape index (κ3) is 7.74. The molecule has 3 aromatic rings. The van der Waals surface area contributed by atoms with Crippen LogP contribution in [0.2, 0.25) is 5.02 Å². The van der Waals surface area contributed by atoms with Gasteiger partial charge in [-0.3, -0.25) is 9.59 Å². The number of sulfone groups is 1. The molecular formula is C29H32ClFN2O7S. The molecule has 3 rings (SSSR count). The Kier molecular flexibility index (Phi) is 9.66. The first kappa shape index (κ1) is 31.8. The van der Waals surface area contributed by atoms with Gasteiger partial charge in [0.25, 0.3) is 5.56 Å². The Bertz CT molecular complexity index is 1670. The summed E-state index contributed by atoms with van der Waals surface area (Å²) in [6, 6.07) is 8.17. The summed E-state index contributed by atoms with van der Waals surface area (Å²) in [5.74, 6) is -1.84. The molecular weight excluding hydrogens is 575 g/mol. The van der Waals surface area contributed by atoms with Crippen LogP contribution < -0.4 is 15.6 Å². The van der Waals surface area contributed by atoms with Crippen LogP contribution in [0.15, 0.2) is 47.4 Å². The van der Waals surface area contributed by atoms with E-state index in [1.165, 1.54) is 42.9 Å². The van der Waals surface area contributed by atoms with Gasteiger partial charge in [-0.15, -0.1) is 0 Å². The molecule has 0 saturated carbocycles. The summed E-state index contributed by atoms with van der Waals surface area (Å²) in [5.41, 5.74) is 0.721. The summed E-state index contributed by atoms with van der Waals surface area (Å²) in [6.07, 6.45) is 0.929. The number of halogens is 2. The monoisotopic (exact) mass is 606 g/mol. The Hall–Kier alpha value is -3.70. The van der Waals surface area contributed by atoms with Crippen molar-refractivity contribution < 1.29 is 32.2 Å². The number of hydrogen-bond acceptors (Lipinski definition) is 6. The number of amides is 1. The molecule has 0 atom stereocenters. The number of pyridine rings is 1. The molecule has 1 aromatic heterocycles. The zero-order chi connectivity index (χ0) is 30.7. The molecule has 9 nitrogen and oxygen atoms in total. The van der Waals surface area contributed by atoms with E-state index in [1.54, 1.807) is 33.2 Å². The first-order chi connectivity index (χ1) is 19.1. The number of nitrogens with one attached hydrogen (secondary N) is 1. The number of methoxy groups -OCH3 is 1. The molecule has 1 heterocycles. The Labute approximate surface area is 242 Å². The van der Waals surface area contributed by atoms with Gasteiger partial charge in [0.1, 0.15) is 0 Å². The van der Waals surface area contributed by atoms with Gasteiger partial charge in [0, 0.05) is 47.3 Å². The summed E-state index contributed by atoms with van der Waals surface area (Å²) in [7, 11) is -0.629. The lowest BCUT2D eigenvalue weighted by atomic mass is 9.88. The number of nitrogens with zero attached hydrogens (tertiary/aromatic N) is 1. The van der Waals surface area contributed by atoms with Gasteiger partial charge in [-0.05, 0) is 61.6 Å². The van der Waals surface area contributed by atoms with Gasteiger partial charge in [0.15, 0.2) is 27.2 Å². The molecule has 41 heavy (non-hydrogen) atoms. The number of carbonyl (C=O) groups excluding carboxylic acids is 1. The average molecular weight is 607 g/mol. The first-order valence-electron chi connectivity index (χ1n) is 12.7. The van der Waals surface area contributed by atoms with E-state index in [-0.39, 0.29) is 45.4 Å². The molecule has 0 unspecified atom stereocenters. The molecule has 220 valence electrons. The maximum atomic E-state index is 14.2. The highest BCUT2D eigenvalue weighted by atomic mass is 35.5. The molecule has 0 bridgehead atoms. The van der Waals surface area contributed by atoms with Crippen LogP contribution in [0.5, 0.6) is 5.75 Å². The Balaban J connectivity index is 2.26. The fourth-order valence-corrected chi connectivity index (χ4v) is 5.51. The second-order valence-corrected chi connectivity index (χ2v) is 13.1. The lowest BCUT2D eigenvalue weighted by Crippen LogP contribution is -2.43. The normalized spacial score (nSPS) is 11.8. The van der Waals surface area contributed by atoms with Crippen molar-refractivity contribution in [1.29, 1.82) is 0 Å². The molecule has 0 aliphatic carbocycles. The maximum absolute atomic E-state index is 14.2. The maximum Gasteiger partial charge on any atom is 0.405 e. The van der Waals surface area contributed by atoms with Crippen molar-refractivity contribution >= 4 is 33.3 Å². The molecule has 0 radical (unpaired) electrons. The Morgan fingerprint density at radius 2 is 1.80 bits per heavy atom. The first-order valence-corrected chi connectivity index (χ1v) is 14.9. The number of carboxylic acid groups (broad SMARTS) is 1. The van der Waals surface area contributed by atoms with Crippen LogP contribution in [0.1, 0.15) is 54.2 Å². The van der Waals surface area contributed by atoms with Crippen molar-refractivity contribution in [1.82, 2.24) is 9.88 Å². The molecule has 1 amide bonds. The van der Waals surface area contributed by atoms with Crippen LogP contribution in [0, 0.1) is 5.82 Å². The van der Waals surface area contributed by atoms with Gasteiger partial charge < -0.3 is 19.7 Å². The summed E-state index contributed by atoms with van der Waals surface area (Å²) in [4.78, 5) is 37.8. The van der Waals surface area contributed by atoms with Crippen molar-refractivity contribution in [3.8, 4) is 16.9 Å². The van der Waals surface area contributed by atoms with E-state index in [4.69, 9.17) is 16.3 Å².